The Balaban J connectivity index is 1.58. The van der Waals surface area contributed by atoms with Gasteiger partial charge in [-0.15, -0.1) is 0 Å². The molecule has 0 saturated carbocycles. The van der Waals surface area contributed by atoms with Crippen molar-refractivity contribution in [1.82, 2.24) is 14.9 Å². The van der Waals surface area contributed by atoms with Crippen LogP contribution in [-0.2, 0) is 9.59 Å². The second-order valence-corrected chi connectivity index (χ2v) is 7.80. The van der Waals surface area contributed by atoms with E-state index in [4.69, 9.17) is 0 Å². The molecule has 0 aliphatic carbocycles. The summed E-state index contributed by atoms with van der Waals surface area (Å²) < 4.78 is 0. The number of thioether (sulfide) groups is 1. The molecular weight excluding hydrogens is 398 g/mol. The maximum atomic E-state index is 12.5. The van der Waals surface area contributed by atoms with Crippen LogP contribution in [0.25, 0.3) is 10.9 Å². The molecule has 1 heterocycles. The van der Waals surface area contributed by atoms with Gasteiger partial charge in [-0.05, 0) is 38.1 Å². The standard InChI is InChI=1S/C22H25N5O2S/c1-4-23-21-17-7-5-6-8-18(17)25-22(26-21)30-14-20(29)27(3)13-19(28)24-16-11-9-15(2)10-12-16/h5-12H,4,13-14H2,1-3H3,(H,24,28)(H,23,25,26). The second-order valence-electron chi connectivity index (χ2n) is 6.85. The Hall–Kier alpha value is -3.13. The minimum Gasteiger partial charge on any atom is -0.370 e. The lowest BCUT2D eigenvalue weighted by atomic mass is 10.2. The Kier molecular flexibility index (Phi) is 7.24. The first kappa shape index (κ1) is 21.6. The summed E-state index contributed by atoms with van der Waals surface area (Å²) in [6, 6.07) is 15.3. The number of anilines is 2. The van der Waals surface area contributed by atoms with Crippen LogP contribution in [0.4, 0.5) is 11.5 Å². The predicted octanol–water partition coefficient (Wildman–Crippen LogP) is 3.56. The van der Waals surface area contributed by atoms with Crippen molar-refractivity contribution in [3.8, 4) is 0 Å². The lowest BCUT2D eigenvalue weighted by molar-refractivity contribution is -0.131. The van der Waals surface area contributed by atoms with Gasteiger partial charge in [0.15, 0.2) is 5.16 Å². The van der Waals surface area contributed by atoms with Crippen molar-refractivity contribution in [3.05, 3.63) is 54.1 Å². The van der Waals surface area contributed by atoms with Gasteiger partial charge in [-0.25, -0.2) is 9.97 Å². The molecule has 0 unspecified atom stereocenters. The fourth-order valence-electron chi connectivity index (χ4n) is 2.80. The van der Waals surface area contributed by atoms with Crippen LogP contribution >= 0.6 is 11.8 Å². The summed E-state index contributed by atoms with van der Waals surface area (Å²) >= 11 is 1.26. The summed E-state index contributed by atoms with van der Waals surface area (Å²) in [5.41, 5.74) is 2.65. The maximum Gasteiger partial charge on any atom is 0.243 e. The average Bonchev–Trinajstić information content (AvgIpc) is 2.73. The number of rotatable bonds is 8. The van der Waals surface area contributed by atoms with Crippen molar-refractivity contribution in [3.63, 3.8) is 0 Å². The molecule has 3 rings (SSSR count). The number of para-hydroxylation sites is 1. The quantitative estimate of drug-likeness (QED) is 0.426. The zero-order chi connectivity index (χ0) is 21.5. The number of nitrogens with one attached hydrogen (secondary N) is 2. The van der Waals surface area contributed by atoms with Crippen molar-refractivity contribution < 1.29 is 9.59 Å². The Morgan fingerprint density at radius 1 is 1.07 bits per heavy atom. The Bertz CT molecular complexity index is 1040. The van der Waals surface area contributed by atoms with Crippen LogP contribution in [0.5, 0.6) is 0 Å². The fourth-order valence-corrected chi connectivity index (χ4v) is 3.59. The lowest BCUT2D eigenvalue weighted by Gasteiger charge is -2.16. The summed E-state index contributed by atoms with van der Waals surface area (Å²) in [7, 11) is 1.61. The number of carbonyl (C=O) groups is 2. The number of carbonyl (C=O) groups excluding carboxylic acids is 2. The predicted molar refractivity (Wildman–Crippen MR) is 122 cm³/mol. The SMILES string of the molecule is CCNc1nc(SCC(=O)N(C)CC(=O)Nc2ccc(C)cc2)nc2ccccc12. The van der Waals surface area contributed by atoms with Gasteiger partial charge in [-0.1, -0.05) is 41.6 Å². The number of nitrogens with zero attached hydrogens (tertiary/aromatic N) is 3. The zero-order valence-electron chi connectivity index (χ0n) is 17.3. The van der Waals surface area contributed by atoms with Gasteiger partial charge in [0.2, 0.25) is 11.8 Å². The molecule has 156 valence electrons. The number of amides is 2. The van der Waals surface area contributed by atoms with Crippen molar-refractivity contribution in [2.24, 2.45) is 0 Å². The van der Waals surface area contributed by atoms with Crippen molar-refractivity contribution >= 4 is 46.0 Å². The van der Waals surface area contributed by atoms with Gasteiger partial charge in [-0.3, -0.25) is 9.59 Å². The third-order valence-corrected chi connectivity index (χ3v) is 5.23. The number of aryl methyl sites for hydroxylation is 1. The van der Waals surface area contributed by atoms with Gasteiger partial charge >= 0.3 is 0 Å². The van der Waals surface area contributed by atoms with E-state index in [2.05, 4.69) is 20.6 Å². The van der Waals surface area contributed by atoms with Crippen LogP contribution in [-0.4, -0.2) is 52.6 Å². The first-order valence-corrected chi connectivity index (χ1v) is 10.7. The van der Waals surface area contributed by atoms with Gasteiger partial charge < -0.3 is 15.5 Å². The number of hydrogen-bond donors (Lipinski definition) is 2. The first-order chi connectivity index (χ1) is 14.5. The van der Waals surface area contributed by atoms with E-state index in [9.17, 15) is 9.59 Å². The van der Waals surface area contributed by atoms with E-state index >= 15 is 0 Å². The molecule has 30 heavy (non-hydrogen) atoms. The van der Waals surface area contributed by atoms with E-state index in [0.717, 1.165) is 28.8 Å². The molecule has 0 spiro atoms. The van der Waals surface area contributed by atoms with Gasteiger partial charge in [0.25, 0.3) is 0 Å². The summed E-state index contributed by atoms with van der Waals surface area (Å²) in [6.07, 6.45) is 0. The van der Waals surface area contributed by atoms with Crippen LogP contribution < -0.4 is 10.6 Å². The zero-order valence-corrected chi connectivity index (χ0v) is 18.1. The molecule has 1 aromatic heterocycles. The summed E-state index contributed by atoms with van der Waals surface area (Å²) in [5.74, 6) is 0.499. The van der Waals surface area contributed by atoms with Gasteiger partial charge in [0.1, 0.15) is 5.82 Å². The van der Waals surface area contributed by atoms with E-state index in [-0.39, 0.29) is 24.1 Å². The first-order valence-electron chi connectivity index (χ1n) is 9.70. The fraction of sp³-hybridized carbons (Fsp3) is 0.273. The third-order valence-electron chi connectivity index (χ3n) is 4.39. The van der Waals surface area contributed by atoms with E-state index in [1.165, 1.54) is 16.7 Å². The largest absolute Gasteiger partial charge is 0.370 e. The minimum absolute atomic E-state index is 0.0194. The Labute approximate surface area is 180 Å². The summed E-state index contributed by atoms with van der Waals surface area (Å²) in [5, 5.41) is 7.51. The van der Waals surface area contributed by atoms with E-state index < -0.39 is 0 Å². The molecule has 0 aliphatic rings. The summed E-state index contributed by atoms with van der Waals surface area (Å²) in [6.45, 7) is 4.71. The molecule has 0 atom stereocenters. The molecule has 0 fully saturated rings. The number of benzene rings is 2. The molecule has 0 aliphatic heterocycles. The van der Waals surface area contributed by atoms with Crippen molar-refractivity contribution in [1.29, 1.82) is 0 Å². The smallest absolute Gasteiger partial charge is 0.243 e. The van der Waals surface area contributed by atoms with Crippen LogP contribution in [0.1, 0.15) is 12.5 Å². The van der Waals surface area contributed by atoms with Gasteiger partial charge in [-0.2, -0.15) is 0 Å². The van der Waals surface area contributed by atoms with Crippen molar-refractivity contribution in [2.75, 3.05) is 36.5 Å². The minimum atomic E-state index is -0.240. The van der Waals surface area contributed by atoms with Crippen LogP contribution in [0.2, 0.25) is 0 Å². The molecule has 2 aromatic carbocycles. The molecule has 2 N–H and O–H groups in total. The van der Waals surface area contributed by atoms with Crippen LogP contribution in [0, 0.1) is 6.92 Å². The number of hydrogen-bond acceptors (Lipinski definition) is 6. The number of aromatic nitrogens is 2. The van der Waals surface area contributed by atoms with Crippen molar-refractivity contribution in [2.45, 2.75) is 19.0 Å². The Morgan fingerprint density at radius 2 is 1.80 bits per heavy atom. The lowest BCUT2D eigenvalue weighted by Crippen LogP contribution is -2.36. The molecule has 2 amide bonds. The molecule has 0 radical (unpaired) electrons. The normalized spacial score (nSPS) is 10.6. The van der Waals surface area contributed by atoms with Gasteiger partial charge in [0.05, 0.1) is 17.8 Å². The Morgan fingerprint density at radius 3 is 2.53 bits per heavy atom. The van der Waals surface area contributed by atoms with Crippen LogP contribution in [0.3, 0.4) is 0 Å². The van der Waals surface area contributed by atoms with Crippen LogP contribution in [0.15, 0.2) is 53.7 Å². The molecule has 0 bridgehead atoms. The molecule has 8 heteroatoms. The van der Waals surface area contributed by atoms with Gasteiger partial charge in [0, 0.05) is 24.7 Å². The highest BCUT2D eigenvalue weighted by molar-refractivity contribution is 7.99. The van der Waals surface area contributed by atoms with E-state index in [0.29, 0.717) is 10.8 Å². The highest BCUT2D eigenvalue weighted by atomic mass is 32.2. The highest BCUT2D eigenvalue weighted by Crippen LogP contribution is 2.24. The molecule has 0 saturated heterocycles. The highest BCUT2D eigenvalue weighted by Gasteiger charge is 2.15. The third kappa shape index (κ3) is 5.70. The molecule has 7 nitrogen and oxygen atoms in total. The monoisotopic (exact) mass is 423 g/mol. The average molecular weight is 424 g/mol. The number of likely N-dealkylation sites (N-methyl/N-ethyl adjacent to an activating group) is 1. The second kappa shape index (κ2) is 10.1. The van der Waals surface area contributed by atoms with E-state index in [1.807, 2.05) is 62.4 Å². The maximum absolute atomic E-state index is 12.5. The topological polar surface area (TPSA) is 87.2 Å². The molecular formula is C22H25N5O2S. The van der Waals surface area contributed by atoms with E-state index in [1.54, 1.807) is 7.05 Å². The molecule has 3 aromatic rings. The summed E-state index contributed by atoms with van der Waals surface area (Å²) in [4.78, 5) is 35.2. The number of fused-ring (bicyclic) bond motifs is 1.